The van der Waals surface area contributed by atoms with Gasteiger partial charge in [-0.05, 0) is 0 Å². The zero-order valence-corrected chi connectivity index (χ0v) is 4.44. The zero-order chi connectivity index (χ0) is 7.02. The predicted molar refractivity (Wildman–Crippen MR) is 26.2 cm³/mol. The first-order chi connectivity index (χ1) is 4.13. The highest BCUT2D eigenvalue weighted by atomic mass is 16.4. The lowest BCUT2D eigenvalue weighted by molar-refractivity contribution is -0.137. The highest BCUT2D eigenvalue weighted by Crippen LogP contribution is 2.16. The molecule has 1 rings (SSSR count). The van der Waals surface area contributed by atoms with Crippen LogP contribution >= 0.6 is 0 Å². The van der Waals surface area contributed by atoms with E-state index in [2.05, 4.69) is 0 Å². The first-order valence-corrected chi connectivity index (χ1v) is 2.35. The maximum absolute atomic E-state index is 9.97. The van der Waals surface area contributed by atoms with Gasteiger partial charge < -0.3 is 10.2 Å². The highest BCUT2D eigenvalue weighted by Gasteiger charge is 2.44. The monoisotopic (exact) mass is 131 g/mol. The van der Waals surface area contributed by atoms with Crippen LogP contribution in [-0.2, 0) is 4.79 Å². The van der Waals surface area contributed by atoms with E-state index < -0.39 is 18.1 Å². The maximum atomic E-state index is 9.97. The van der Waals surface area contributed by atoms with Crippen molar-refractivity contribution in [3.63, 3.8) is 0 Å². The van der Waals surface area contributed by atoms with Crippen LogP contribution in [0.5, 0.6) is 0 Å². The number of carboxylic acid groups (broad SMARTS) is 2. The highest BCUT2D eigenvalue weighted by molar-refractivity contribution is 5.84. The van der Waals surface area contributed by atoms with Crippen LogP contribution in [0.1, 0.15) is 0 Å². The van der Waals surface area contributed by atoms with E-state index in [1.165, 1.54) is 0 Å². The molecule has 50 valence electrons. The second kappa shape index (κ2) is 1.61. The summed E-state index contributed by atoms with van der Waals surface area (Å²) in [6.07, 6.45) is -1.16. The molecule has 1 amide bonds. The SMILES string of the molecule is O=C(O)[C@@H]1CN1C(=O)O. The molecule has 0 aromatic rings. The third kappa shape index (κ3) is 0.933. The second-order valence-electron chi connectivity index (χ2n) is 1.79. The molecule has 9 heavy (non-hydrogen) atoms. The van der Waals surface area contributed by atoms with Crippen LogP contribution in [0.15, 0.2) is 0 Å². The Balaban J connectivity index is 2.42. The van der Waals surface area contributed by atoms with Crippen LogP contribution in [0.2, 0.25) is 0 Å². The van der Waals surface area contributed by atoms with Crippen molar-refractivity contribution in [2.75, 3.05) is 6.54 Å². The van der Waals surface area contributed by atoms with Crippen LogP contribution in [-0.4, -0.2) is 39.8 Å². The molecule has 0 aliphatic carbocycles. The van der Waals surface area contributed by atoms with E-state index in [0.29, 0.717) is 0 Å². The maximum Gasteiger partial charge on any atom is 0.408 e. The van der Waals surface area contributed by atoms with Gasteiger partial charge in [-0.2, -0.15) is 0 Å². The largest absolute Gasteiger partial charge is 0.480 e. The Morgan fingerprint density at radius 1 is 1.44 bits per heavy atom. The quantitative estimate of drug-likeness (QED) is 0.467. The Morgan fingerprint density at radius 3 is 2.11 bits per heavy atom. The molecule has 1 aliphatic rings. The topological polar surface area (TPSA) is 77.6 Å². The molecule has 0 radical (unpaired) electrons. The van der Waals surface area contributed by atoms with Crippen LogP contribution in [0, 0.1) is 0 Å². The summed E-state index contributed by atoms with van der Waals surface area (Å²) in [4.78, 5) is 20.8. The number of carbonyl (C=O) groups is 2. The van der Waals surface area contributed by atoms with Crippen molar-refractivity contribution in [3.05, 3.63) is 0 Å². The average molecular weight is 131 g/mol. The number of hydrogen-bond donors (Lipinski definition) is 2. The summed E-state index contributed by atoms with van der Waals surface area (Å²) >= 11 is 0. The average Bonchev–Trinajstić information content (AvgIpc) is 2.39. The van der Waals surface area contributed by atoms with Crippen LogP contribution in [0.4, 0.5) is 4.79 Å². The number of aliphatic carboxylic acids is 1. The summed E-state index contributed by atoms with van der Waals surface area (Å²) in [6.45, 7) is 0.130. The number of amides is 1. The van der Waals surface area contributed by atoms with E-state index in [9.17, 15) is 9.59 Å². The van der Waals surface area contributed by atoms with Crippen LogP contribution < -0.4 is 0 Å². The van der Waals surface area contributed by atoms with Crippen molar-refractivity contribution in [1.82, 2.24) is 4.90 Å². The molecule has 1 aliphatic heterocycles. The fraction of sp³-hybridized carbons (Fsp3) is 0.500. The Labute approximate surface area is 50.5 Å². The molecule has 1 saturated heterocycles. The third-order valence-electron chi connectivity index (χ3n) is 1.14. The van der Waals surface area contributed by atoms with Gasteiger partial charge in [-0.15, -0.1) is 0 Å². The van der Waals surface area contributed by atoms with E-state index in [0.717, 1.165) is 4.90 Å². The molecule has 0 saturated carbocycles. The predicted octanol–water partition coefficient (Wildman–Crippen LogP) is -0.567. The lowest BCUT2D eigenvalue weighted by Gasteiger charge is -1.90. The van der Waals surface area contributed by atoms with Gasteiger partial charge in [0.15, 0.2) is 6.04 Å². The molecule has 2 N–H and O–H groups in total. The van der Waals surface area contributed by atoms with Crippen molar-refractivity contribution in [1.29, 1.82) is 0 Å². The van der Waals surface area contributed by atoms with Gasteiger partial charge in [0.1, 0.15) is 0 Å². The molecule has 1 atom stereocenters. The van der Waals surface area contributed by atoms with Crippen molar-refractivity contribution >= 4 is 12.1 Å². The summed E-state index contributed by atoms with van der Waals surface area (Å²) in [7, 11) is 0. The molecular weight excluding hydrogens is 126 g/mol. The minimum atomic E-state index is -1.16. The van der Waals surface area contributed by atoms with Crippen molar-refractivity contribution in [3.8, 4) is 0 Å². The lowest BCUT2D eigenvalue weighted by Crippen LogP contribution is -2.15. The van der Waals surface area contributed by atoms with E-state index in [-0.39, 0.29) is 6.54 Å². The van der Waals surface area contributed by atoms with Gasteiger partial charge in [-0.3, -0.25) is 4.90 Å². The number of rotatable bonds is 1. The van der Waals surface area contributed by atoms with Gasteiger partial charge >= 0.3 is 12.1 Å². The Kier molecular flexibility index (Phi) is 1.05. The summed E-state index contributed by atoms with van der Waals surface area (Å²) < 4.78 is 0. The first kappa shape index (κ1) is 5.87. The smallest absolute Gasteiger partial charge is 0.408 e. The van der Waals surface area contributed by atoms with Gasteiger partial charge in [-0.1, -0.05) is 0 Å². The summed E-state index contributed by atoms with van der Waals surface area (Å²) in [6, 6.07) is -0.789. The normalized spacial score (nSPS) is 23.6. The number of hydrogen-bond acceptors (Lipinski definition) is 2. The van der Waals surface area contributed by atoms with E-state index >= 15 is 0 Å². The number of carboxylic acids is 1. The van der Waals surface area contributed by atoms with Gasteiger partial charge in [0.2, 0.25) is 0 Å². The van der Waals surface area contributed by atoms with Gasteiger partial charge in [0.25, 0.3) is 0 Å². The summed E-state index contributed by atoms with van der Waals surface area (Å²) in [5, 5.41) is 16.3. The van der Waals surface area contributed by atoms with Gasteiger partial charge in [0.05, 0.1) is 6.54 Å². The molecule has 0 spiro atoms. The van der Waals surface area contributed by atoms with E-state index in [1.807, 2.05) is 0 Å². The van der Waals surface area contributed by atoms with Gasteiger partial charge in [0, 0.05) is 0 Å². The van der Waals surface area contributed by atoms with Crippen molar-refractivity contribution < 1.29 is 19.8 Å². The third-order valence-corrected chi connectivity index (χ3v) is 1.14. The Morgan fingerprint density at radius 2 is 2.00 bits per heavy atom. The van der Waals surface area contributed by atoms with Crippen molar-refractivity contribution in [2.45, 2.75) is 6.04 Å². The minimum Gasteiger partial charge on any atom is -0.480 e. The lowest BCUT2D eigenvalue weighted by atomic mass is 10.5. The van der Waals surface area contributed by atoms with E-state index in [1.54, 1.807) is 0 Å². The molecular formula is C4H5NO4. The Bertz CT molecular complexity index is 148. The summed E-state index contributed by atoms with van der Waals surface area (Å²) in [5.41, 5.74) is 0. The molecule has 1 heterocycles. The summed E-state index contributed by atoms with van der Waals surface area (Å²) in [5.74, 6) is -1.07. The van der Waals surface area contributed by atoms with Crippen LogP contribution in [0.3, 0.4) is 0 Å². The molecule has 1 fully saturated rings. The minimum absolute atomic E-state index is 0.130. The van der Waals surface area contributed by atoms with E-state index in [4.69, 9.17) is 10.2 Å². The first-order valence-electron chi connectivity index (χ1n) is 2.35. The molecule has 5 nitrogen and oxygen atoms in total. The second-order valence-corrected chi connectivity index (χ2v) is 1.79. The molecule has 0 aromatic heterocycles. The molecule has 0 bridgehead atoms. The molecule has 0 unspecified atom stereocenters. The number of nitrogens with zero attached hydrogens (tertiary/aromatic N) is 1. The van der Waals surface area contributed by atoms with Crippen molar-refractivity contribution in [2.24, 2.45) is 0 Å². The molecule has 0 aromatic carbocycles. The van der Waals surface area contributed by atoms with Crippen LogP contribution in [0.25, 0.3) is 0 Å². The van der Waals surface area contributed by atoms with Gasteiger partial charge in [-0.25, -0.2) is 9.59 Å². The zero-order valence-electron chi connectivity index (χ0n) is 4.44. The fourth-order valence-electron chi connectivity index (χ4n) is 0.562. The Hall–Kier alpha value is -1.26. The standard InChI is InChI=1S/C4H5NO4/c6-3(7)2-1-5(2)4(8)9/h2H,1H2,(H,6,7)(H,8,9)/t2-,5?/m0/s1. The molecule has 5 heteroatoms. The fourth-order valence-corrected chi connectivity index (χ4v) is 0.562.